The van der Waals surface area contributed by atoms with Gasteiger partial charge in [-0.25, -0.2) is 0 Å². The number of morpholine rings is 1. The fourth-order valence-corrected chi connectivity index (χ4v) is 3.56. The Bertz CT molecular complexity index is 740. The molecule has 2 aromatic rings. The Morgan fingerprint density at radius 3 is 2.32 bits per heavy atom. The number of hydrogen-bond acceptors (Lipinski definition) is 3. The number of hydrogen-bond donors (Lipinski definition) is 0. The van der Waals surface area contributed by atoms with Crippen LogP contribution in [0.5, 0.6) is 0 Å². The Morgan fingerprint density at radius 2 is 1.68 bits per heavy atom. The first-order valence-corrected chi connectivity index (χ1v) is 10.5. The highest BCUT2D eigenvalue weighted by Gasteiger charge is 2.17. The highest BCUT2D eigenvalue weighted by atomic mass is 35.5. The van der Waals surface area contributed by atoms with Crippen molar-refractivity contribution < 1.29 is 9.53 Å². The smallest absolute Gasteiger partial charge is 0.254 e. The fraction of sp³-hybridized carbons (Fsp3) is 0.435. The normalized spacial score (nSPS) is 14.8. The molecule has 0 saturated carbocycles. The maximum Gasteiger partial charge on any atom is 0.254 e. The molecule has 0 aliphatic carbocycles. The summed E-state index contributed by atoms with van der Waals surface area (Å²) >= 11 is 6.01. The summed E-state index contributed by atoms with van der Waals surface area (Å²) in [5, 5.41) is 0.712. The van der Waals surface area contributed by atoms with Crippen molar-refractivity contribution >= 4 is 17.5 Å². The van der Waals surface area contributed by atoms with E-state index in [1.165, 1.54) is 5.56 Å². The van der Waals surface area contributed by atoms with Crippen molar-refractivity contribution in [3.05, 3.63) is 70.2 Å². The molecule has 0 radical (unpaired) electrons. The summed E-state index contributed by atoms with van der Waals surface area (Å²) in [5.74, 6) is 0.0829. The van der Waals surface area contributed by atoms with Gasteiger partial charge in [0.2, 0.25) is 0 Å². The van der Waals surface area contributed by atoms with E-state index in [0.717, 1.165) is 63.4 Å². The third-order valence-electron chi connectivity index (χ3n) is 5.19. The van der Waals surface area contributed by atoms with Gasteiger partial charge in [-0.15, -0.1) is 0 Å². The molecule has 4 nitrogen and oxygen atoms in total. The Morgan fingerprint density at radius 1 is 1.04 bits per heavy atom. The molecule has 0 atom stereocenters. The minimum Gasteiger partial charge on any atom is -0.379 e. The Kier molecular flexibility index (Phi) is 7.90. The monoisotopic (exact) mass is 400 g/mol. The number of aryl methyl sites for hydroxylation is 1. The van der Waals surface area contributed by atoms with Gasteiger partial charge in [-0.1, -0.05) is 42.8 Å². The predicted octanol–water partition coefficient (Wildman–Crippen LogP) is 4.27. The number of carbonyl (C=O) groups excluding carboxylic acids is 1. The lowest BCUT2D eigenvalue weighted by molar-refractivity contribution is 0.0355. The minimum atomic E-state index is 0.0829. The molecular weight excluding hydrogens is 372 g/mol. The number of amides is 1. The minimum absolute atomic E-state index is 0.0829. The average Bonchev–Trinajstić information content (AvgIpc) is 2.75. The highest BCUT2D eigenvalue weighted by Crippen LogP contribution is 2.15. The van der Waals surface area contributed by atoms with E-state index in [1.54, 1.807) is 0 Å². The Hall–Kier alpha value is -1.88. The molecule has 0 aromatic heterocycles. The molecule has 1 aliphatic heterocycles. The first-order chi connectivity index (χ1) is 13.7. The van der Waals surface area contributed by atoms with E-state index < -0.39 is 0 Å². The van der Waals surface area contributed by atoms with Gasteiger partial charge < -0.3 is 9.64 Å². The molecule has 2 aromatic carbocycles. The summed E-state index contributed by atoms with van der Waals surface area (Å²) in [6.07, 6.45) is 1.93. The van der Waals surface area contributed by atoms with E-state index in [2.05, 4.69) is 11.8 Å². The number of halogens is 1. The number of benzene rings is 2. The van der Waals surface area contributed by atoms with Crippen LogP contribution >= 0.6 is 11.6 Å². The SMILES string of the molecule is CCc1ccc(C(=O)N(CCCN2CCOCC2)Cc2ccc(Cl)cc2)cc1. The van der Waals surface area contributed by atoms with Crippen LogP contribution in [0.4, 0.5) is 0 Å². The summed E-state index contributed by atoms with van der Waals surface area (Å²) in [5.41, 5.74) is 3.08. The van der Waals surface area contributed by atoms with Gasteiger partial charge in [0.05, 0.1) is 13.2 Å². The van der Waals surface area contributed by atoms with Crippen molar-refractivity contribution in [3.8, 4) is 0 Å². The van der Waals surface area contributed by atoms with Crippen molar-refractivity contribution in [1.82, 2.24) is 9.80 Å². The summed E-state index contributed by atoms with van der Waals surface area (Å²) < 4.78 is 5.41. The summed E-state index contributed by atoms with van der Waals surface area (Å²) in [7, 11) is 0. The van der Waals surface area contributed by atoms with Crippen LogP contribution in [0.25, 0.3) is 0 Å². The summed E-state index contributed by atoms with van der Waals surface area (Å²) in [6.45, 7) is 7.99. The van der Waals surface area contributed by atoms with Crippen LogP contribution in [-0.4, -0.2) is 55.1 Å². The molecule has 150 valence electrons. The number of carbonyl (C=O) groups is 1. The predicted molar refractivity (Wildman–Crippen MR) is 114 cm³/mol. The molecule has 0 spiro atoms. The van der Waals surface area contributed by atoms with Crippen LogP contribution in [0.15, 0.2) is 48.5 Å². The molecule has 0 bridgehead atoms. The van der Waals surface area contributed by atoms with Gasteiger partial charge >= 0.3 is 0 Å². The third kappa shape index (κ3) is 6.06. The number of ether oxygens (including phenoxy) is 1. The van der Waals surface area contributed by atoms with Crippen molar-refractivity contribution in [2.45, 2.75) is 26.3 Å². The van der Waals surface area contributed by atoms with Gasteiger partial charge in [0.15, 0.2) is 0 Å². The van der Waals surface area contributed by atoms with Gasteiger partial charge in [-0.3, -0.25) is 9.69 Å². The molecule has 0 N–H and O–H groups in total. The number of nitrogens with zero attached hydrogens (tertiary/aromatic N) is 2. The quantitative estimate of drug-likeness (QED) is 0.663. The molecule has 1 amide bonds. The highest BCUT2D eigenvalue weighted by molar-refractivity contribution is 6.30. The van der Waals surface area contributed by atoms with Crippen LogP contribution in [0.3, 0.4) is 0 Å². The largest absolute Gasteiger partial charge is 0.379 e. The number of rotatable bonds is 8. The first kappa shape index (κ1) is 20.8. The zero-order valence-electron chi connectivity index (χ0n) is 16.6. The summed E-state index contributed by atoms with van der Waals surface area (Å²) in [4.78, 5) is 17.5. The second-order valence-electron chi connectivity index (χ2n) is 7.21. The van der Waals surface area contributed by atoms with E-state index in [9.17, 15) is 4.79 Å². The molecular formula is C23H29ClN2O2. The first-order valence-electron chi connectivity index (χ1n) is 10.1. The van der Waals surface area contributed by atoms with Gasteiger partial charge in [-0.2, -0.15) is 0 Å². The molecule has 0 unspecified atom stereocenters. The standard InChI is InChI=1S/C23H29ClN2O2/c1-2-19-4-8-21(9-5-19)23(27)26(18-20-6-10-22(24)11-7-20)13-3-12-25-14-16-28-17-15-25/h4-11H,2-3,12-18H2,1H3. The topological polar surface area (TPSA) is 32.8 Å². The maximum atomic E-state index is 13.2. The van der Waals surface area contributed by atoms with Crippen LogP contribution in [0.1, 0.15) is 34.8 Å². The molecule has 28 heavy (non-hydrogen) atoms. The average molecular weight is 401 g/mol. The Balaban J connectivity index is 1.66. The van der Waals surface area contributed by atoms with Gasteiger partial charge in [0.1, 0.15) is 0 Å². The lowest BCUT2D eigenvalue weighted by Gasteiger charge is -2.28. The molecule has 5 heteroatoms. The van der Waals surface area contributed by atoms with Gasteiger partial charge in [-0.05, 0) is 48.2 Å². The molecule has 1 aliphatic rings. The van der Waals surface area contributed by atoms with Gasteiger partial charge in [0.25, 0.3) is 5.91 Å². The van der Waals surface area contributed by atoms with E-state index in [1.807, 2.05) is 53.4 Å². The van der Waals surface area contributed by atoms with Crippen LogP contribution in [0, 0.1) is 0 Å². The molecule has 3 rings (SSSR count). The zero-order valence-corrected chi connectivity index (χ0v) is 17.3. The van der Waals surface area contributed by atoms with Crippen LogP contribution in [0.2, 0.25) is 5.02 Å². The van der Waals surface area contributed by atoms with Crippen molar-refractivity contribution in [1.29, 1.82) is 0 Å². The summed E-state index contributed by atoms with van der Waals surface area (Å²) in [6, 6.07) is 15.7. The second-order valence-corrected chi connectivity index (χ2v) is 7.65. The lowest BCUT2D eigenvalue weighted by atomic mass is 10.1. The third-order valence-corrected chi connectivity index (χ3v) is 5.44. The van der Waals surface area contributed by atoms with Crippen molar-refractivity contribution in [2.75, 3.05) is 39.4 Å². The van der Waals surface area contributed by atoms with E-state index >= 15 is 0 Å². The lowest BCUT2D eigenvalue weighted by Crippen LogP contribution is -2.39. The van der Waals surface area contributed by atoms with Crippen molar-refractivity contribution in [2.24, 2.45) is 0 Å². The fourth-order valence-electron chi connectivity index (χ4n) is 3.44. The van der Waals surface area contributed by atoms with E-state index in [4.69, 9.17) is 16.3 Å². The van der Waals surface area contributed by atoms with Crippen molar-refractivity contribution in [3.63, 3.8) is 0 Å². The van der Waals surface area contributed by atoms with E-state index in [-0.39, 0.29) is 5.91 Å². The second kappa shape index (κ2) is 10.6. The maximum absolute atomic E-state index is 13.2. The van der Waals surface area contributed by atoms with Gasteiger partial charge in [0, 0.05) is 43.3 Å². The molecule has 1 heterocycles. The molecule has 1 saturated heterocycles. The zero-order chi connectivity index (χ0) is 19.8. The van der Waals surface area contributed by atoms with E-state index in [0.29, 0.717) is 11.6 Å². The molecule has 1 fully saturated rings. The Labute approximate surface area is 173 Å². The van der Waals surface area contributed by atoms with Crippen LogP contribution in [-0.2, 0) is 17.7 Å². The van der Waals surface area contributed by atoms with Crippen LogP contribution < -0.4 is 0 Å².